The third-order valence-corrected chi connectivity index (χ3v) is 3.67. The van der Waals surface area contributed by atoms with Gasteiger partial charge in [0.1, 0.15) is 11.5 Å². The van der Waals surface area contributed by atoms with Crippen LogP contribution in [0.2, 0.25) is 0 Å². The van der Waals surface area contributed by atoms with Crippen LogP contribution in [-0.2, 0) is 0 Å². The van der Waals surface area contributed by atoms with Gasteiger partial charge in [0.05, 0.1) is 0 Å². The summed E-state index contributed by atoms with van der Waals surface area (Å²) in [6.07, 6.45) is 0.888. The Morgan fingerprint density at radius 2 is 2.05 bits per heavy atom. The molecule has 1 aromatic heterocycles. The molecule has 0 bridgehead atoms. The van der Waals surface area contributed by atoms with E-state index in [4.69, 9.17) is 5.84 Å². The van der Waals surface area contributed by atoms with Crippen molar-refractivity contribution in [3.63, 3.8) is 0 Å². The number of carbonyl (C=O) groups is 1. The predicted molar refractivity (Wildman–Crippen MR) is 85.9 cm³/mol. The van der Waals surface area contributed by atoms with E-state index >= 15 is 0 Å². The Labute approximate surface area is 124 Å². The van der Waals surface area contributed by atoms with E-state index in [1.54, 1.807) is 6.07 Å². The molecule has 0 radical (unpaired) electrons. The lowest BCUT2D eigenvalue weighted by Gasteiger charge is -2.20. The summed E-state index contributed by atoms with van der Waals surface area (Å²) >= 11 is 0. The number of hydrogen-bond acceptors (Lipinski definition) is 4. The number of amides is 1. The average molecular weight is 286 g/mol. The molecule has 1 unspecified atom stereocenters. The molecule has 0 saturated heterocycles. The molecule has 21 heavy (non-hydrogen) atoms. The van der Waals surface area contributed by atoms with Crippen molar-refractivity contribution in [3.05, 3.63) is 36.0 Å². The van der Waals surface area contributed by atoms with Gasteiger partial charge in [0.2, 0.25) is 0 Å². The summed E-state index contributed by atoms with van der Waals surface area (Å²) in [5.41, 5.74) is 2.94. The Balaban J connectivity index is 2.35. The fourth-order valence-corrected chi connectivity index (χ4v) is 2.41. The smallest absolute Gasteiger partial charge is 0.270 e. The number of nitrogen functional groups attached to an aromatic ring is 1. The third-order valence-electron chi connectivity index (χ3n) is 3.67. The van der Waals surface area contributed by atoms with Gasteiger partial charge >= 0.3 is 0 Å². The van der Waals surface area contributed by atoms with Crippen molar-refractivity contribution >= 4 is 22.5 Å². The van der Waals surface area contributed by atoms with Crippen molar-refractivity contribution in [1.29, 1.82) is 0 Å². The van der Waals surface area contributed by atoms with Crippen LogP contribution in [0.4, 0.5) is 5.82 Å². The second-order valence-corrected chi connectivity index (χ2v) is 5.45. The Morgan fingerprint density at radius 3 is 2.67 bits per heavy atom. The summed E-state index contributed by atoms with van der Waals surface area (Å²) in [6.45, 7) is 6.25. The molecule has 0 fully saturated rings. The molecule has 0 aliphatic carbocycles. The maximum atomic E-state index is 12.4. The number of aromatic nitrogens is 1. The van der Waals surface area contributed by atoms with Crippen molar-refractivity contribution in [1.82, 2.24) is 10.3 Å². The van der Waals surface area contributed by atoms with Crippen LogP contribution in [-0.4, -0.2) is 16.9 Å². The Morgan fingerprint density at radius 1 is 1.33 bits per heavy atom. The van der Waals surface area contributed by atoms with E-state index in [9.17, 15) is 4.79 Å². The van der Waals surface area contributed by atoms with Crippen LogP contribution in [0, 0.1) is 5.92 Å². The summed E-state index contributed by atoms with van der Waals surface area (Å²) in [5, 5.41) is 4.86. The van der Waals surface area contributed by atoms with E-state index in [0.29, 0.717) is 17.4 Å². The third kappa shape index (κ3) is 3.31. The highest BCUT2D eigenvalue weighted by molar-refractivity contribution is 6.00. The highest BCUT2D eigenvalue weighted by atomic mass is 16.1. The molecule has 2 aromatic rings. The topological polar surface area (TPSA) is 80.0 Å². The molecule has 4 N–H and O–H groups in total. The molecule has 0 spiro atoms. The van der Waals surface area contributed by atoms with Gasteiger partial charge in [-0.05, 0) is 23.8 Å². The number of nitrogens with two attached hydrogens (primary N) is 1. The van der Waals surface area contributed by atoms with E-state index < -0.39 is 0 Å². The molecule has 0 aliphatic heterocycles. The van der Waals surface area contributed by atoms with Gasteiger partial charge < -0.3 is 10.7 Å². The molecule has 1 aromatic carbocycles. The van der Waals surface area contributed by atoms with Crippen molar-refractivity contribution in [3.8, 4) is 0 Å². The second kappa shape index (κ2) is 6.54. The lowest BCUT2D eigenvalue weighted by molar-refractivity contribution is 0.0920. The van der Waals surface area contributed by atoms with Crippen molar-refractivity contribution in [2.45, 2.75) is 33.2 Å². The lowest BCUT2D eigenvalue weighted by Crippen LogP contribution is -2.38. The molecule has 2 rings (SSSR count). The fourth-order valence-electron chi connectivity index (χ4n) is 2.41. The van der Waals surface area contributed by atoms with Crippen molar-refractivity contribution < 1.29 is 4.79 Å². The van der Waals surface area contributed by atoms with Gasteiger partial charge in [-0.25, -0.2) is 10.8 Å². The number of pyridine rings is 1. The first-order chi connectivity index (χ1) is 10.1. The van der Waals surface area contributed by atoms with Gasteiger partial charge in [-0.2, -0.15) is 0 Å². The van der Waals surface area contributed by atoms with E-state index in [1.807, 2.05) is 24.3 Å². The van der Waals surface area contributed by atoms with Crippen LogP contribution in [0.3, 0.4) is 0 Å². The zero-order valence-corrected chi connectivity index (χ0v) is 12.7. The molecule has 1 atom stereocenters. The van der Waals surface area contributed by atoms with Gasteiger partial charge in [-0.3, -0.25) is 4.79 Å². The number of nitrogens with zero attached hydrogens (tertiary/aromatic N) is 1. The van der Waals surface area contributed by atoms with Gasteiger partial charge in [0.25, 0.3) is 5.91 Å². The highest BCUT2D eigenvalue weighted by Crippen LogP contribution is 2.22. The van der Waals surface area contributed by atoms with E-state index in [-0.39, 0.29) is 11.9 Å². The molecule has 1 heterocycles. The SMILES string of the molecule is CCC(NC(=O)c1cc2ccccc2c(NN)n1)C(C)C. The fraction of sp³-hybridized carbons (Fsp3) is 0.375. The number of hydrogen-bond donors (Lipinski definition) is 3. The van der Waals surface area contributed by atoms with Crippen molar-refractivity contribution in [2.75, 3.05) is 5.43 Å². The Hall–Kier alpha value is -2.14. The quantitative estimate of drug-likeness (QED) is 0.583. The van der Waals surface area contributed by atoms with Gasteiger partial charge in [-0.15, -0.1) is 0 Å². The first kappa shape index (κ1) is 15.3. The summed E-state index contributed by atoms with van der Waals surface area (Å²) < 4.78 is 0. The Kier molecular flexibility index (Phi) is 4.75. The first-order valence-corrected chi connectivity index (χ1v) is 7.24. The molecule has 112 valence electrons. The maximum Gasteiger partial charge on any atom is 0.270 e. The van der Waals surface area contributed by atoms with Crippen LogP contribution in [0.5, 0.6) is 0 Å². The van der Waals surface area contributed by atoms with Crippen LogP contribution < -0.4 is 16.6 Å². The number of anilines is 1. The standard InChI is InChI=1S/C16H22N4O/c1-4-13(10(2)3)19-16(21)14-9-11-7-5-6-8-12(11)15(18-14)20-17/h5-10,13H,4,17H2,1-3H3,(H,18,20)(H,19,21). The summed E-state index contributed by atoms with van der Waals surface area (Å²) in [6, 6.07) is 9.62. The van der Waals surface area contributed by atoms with Gasteiger partial charge in [-0.1, -0.05) is 45.0 Å². The lowest BCUT2D eigenvalue weighted by atomic mass is 10.0. The molecule has 0 saturated carbocycles. The van der Waals surface area contributed by atoms with Crippen molar-refractivity contribution in [2.24, 2.45) is 11.8 Å². The zero-order valence-electron chi connectivity index (χ0n) is 12.7. The average Bonchev–Trinajstić information content (AvgIpc) is 2.50. The number of benzene rings is 1. The van der Waals surface area contributed by atoms with Gasteiger partial charge in [0, 0.05) is 11.4 Å². The normalized spacial score (nSPS) is 12.4. The minimum Gasteiger partial charge on any atom is -0.348 e. The molecule has 1 amide bonds. The molecular formula is C16H22N4O. The van der Waals surface area contributed by atoms with E-state index in [0.717, 1.165) is 17.2 Å². The zero-order chi connectivity index (χ0) is 15.4. The van der Waals surface area contributed by atoms with Crippen LogP contribution in [0.25, 0.3) is 10.8 Å². The number of carbonyl (C=O) groups excluding carboxylic acids is 1. The Bertz CT molecular complexity index is 639. The van der Waals surface area contributed by atoms with Crippen LogP contribution >= 0.6 is 0 Å². The van der Waals surface area contributed by atoms with Gasteiger partial charge in [0.15, 0.2) is 0 Å². The molecule has 0 aliphatic rings. The number of nitrogens with one attached hydrogen (secondary N) is 2. The number of rotatable bonds is 5. The second-order valence-electron chi connectivity index (χ2n) is 5.45. The summed E-state index contributed by atoms with van der Waals surface area (Å²) in [4.78, 5) is 16.7. The maximum absolute atomic E-state index is 12.4. The summed E-state index contributed by atoms with van der Waals surface area (Å²) in [5.74, 6) is 6.24. The molecule has 5 heteroatoms. The van der Waals surface area contributed by atoms with Crippen LogP contribution in [0.1, 0.15) is 37.7 Å². The van der Waals surface area contributed by atoms with Crippen LogP contribution in [0.15, 0.2) is 30.3 Å². The number of fused-ring (bicyclic) bond motifs is 1. The number of hydrazine groups is 1. The first-order valence-electron chi connectivity index (χ1n) is 7.24. The van der Waals surface area contributed by atoms with E-state index in [1.165, 1.54) is 0 Å². The summed E-state index contributed by atoms with van der Waals surface area (Å²) in [7, 11) is 0. The predicted octanol–water partition coefficient (Wildman–Crippen LogP) is 2.68. The minimum atomic E-state index is -0.169. The molecular weight excluding hydrogens is 264 g/mol. The highest BCUT2D eigenvalue weighted by Gasteiger charge is 2.17. The van der Waals surface area contributed by atoms with E-state index in [2.05, 4.69) is 36.5 Å². The minimum absolute atomic E-state index is 0.139. The molecule has 5 nitrogen and oxygen atoms in total. The monoisotopic (exact) mass is 286 g/mol. The largest absolute Gasteiger partial charge is 0.348 e.